The minimum atomic E-state index is -0.763. The monoisotopic (exact) mass is 184 g/mol. The van der Waals surface area contributed by atoms with Crippen molar-refractivity contribution in [3.63, 3.8) is 0 Å². The maximum atomic E-state index is 11.2. The van der Waals surface area contributed by atoms with Crippen molar-refractivity contribution in [2.75, 3.05) is 0 Å². The highest BCUT2D eigenvalue weighted by molar-refractivity contribution is 5.96. The minimum absolute atomic E-state index is 0.0206. The molecule has 0 radical (unpaired) electrons. The molecule has 3 heteroatoms. The molecule has 1 rings (SSSR count). The highest BCUT2D eigenvalue weighted by Crippen LogP contribution is 2.34. The zero-order valence-electron chi connectivity index (χ0n) is 8.42. The summed E-state index contributed by atoms with van der Waals surface area (Å²) in [4.78, 5) is 21.9. The highest BCUT2D eigenvalue weighted by atomic mass is 16.6. The van der Waals surface area contributed by atoms with Crippen LogP contribution < -0.4 is 0 Å². The summed E-state index contributed by atoms with van der Waals surface area (Å²) in [6.07, 6.45) is 1.87. The Morgan fingerprint density at radius 1 is 1.62 bits per heavy atom. The van der Waals surface area contributed by atoms with E-state index in [0.29, 0.717) is 12.3 Å². The first-order valence-electron chi connectivity index (χ1n) is 4.69. The molecule has 0 aliphatic carbocycles. The summed E-state index contributed by atoms with van der Waals surface area (Å²) in [7, 11) is 0. The van der Waals surface area contributed by atoms with Crippen LogP contribution in [0, 0.1) is 5.92 Å². The van der Waals surface area contributed by atoms with Crippen LogP contribution in [0.4, 0.5) is 0 Å². The van der Waals surface area contributed by atoms with Gasteiger partial charge in [-0.3, -0.25) is 9.59 Å². The van der Waals surface area contributed by atoms with Gasteiger partial charge in [0.2, 0.25) is 0 Å². The van der Waals surface area contributed by atoms with Crippen LogP contribution in [0.1, 0.15) is 40.0 Å². The Balaban J connectivity index is 2.50. The van der Waals surface area contributed by atoms with Crippen LogP contribution in [0.3, 0.4) is 0 Å². The summed E-state index contributed by atoms with van der Waals surface area (Å²) in [6, 6.07) is 0. The summed E-state index contributed by atoms with van der Waals surface area (Å²) < 4.78 is 4.95. The summed E-state index contributed by atoms with van der Waals surface area (Å²) in [5, 5.41) is 0. The molecule has 3 nitrogen and oxygen atoms in total. The van der Waals surface area contributed by atoms with Crippen molar-refractivity contribution in [3.05, 3.63) is 0 Å². The van der Waals surface area contributed by atoms with Crippen molar-refractivity contribution >= 4 is 11.8 Å². The molecule has 1 aliphatic rings. The summed E-state index contributed by atoms with van der Waals surface area (Å²) in [5.74, 6) is 0.266. The van der Waals surface area contributed by atoms with Crippen LogP contribution in [0.15, 0.2) is 0 Å². The van der Waals surface area contributed by atoms with E-state index in [9.17, 15) is 9.59 Å². The molecule has 1 atom stereocenters. The van der Waals surface area contributed by atoms with Crippen LogP contribution in [0.5, 0.6) is 0 Å². The predicted octanol–water partition coefficient (Wildman–Crippen LogP) is 1.70. The Morgan fingerprint density at radius 3 is 2.46 bits per heavy atom. The Hall–Kier alpha value is -0.860. The molecule has 13 heavy (non-hydrogen) atoms. The van der Waals surface area contributed by atoms with Gasteiger partial charge < -0.3 is 4.74 Å². The van der Waals surface area contributed by atoms with Gasteiger partial charge in [0.15, 0.2) is 11.4 Å². The molecule has 0 N–H and O–H groups in total. The van der Waals surface area contributed by atoms with Gasteiger partial charge in [-0.2, -0.15) is 0 Å². The van der Waals surface area contributed by atoms with Gasteiger partial charge in [0, 0.05) is 0 Å². The number of cyclic esters (lactones) is 1. The SMILES string of the molecule is CC(=O)[C@@]1(CCC(C)C)CC(=O)O1. The Bertz CT molecular complexity index is 222. The first-order valence-corrected chi connectivity index (χ1v) is 4.69. The molecule has 0 saturated carbocycles. The Morgan fingerprint density at radius 2 is 2.15 bits per heavy atom. The number of carbonyl (C=O) groups is 2. The lowest BCUT2D eigenvalue weighted by atomic mass is 9.83. The van der Waals surface area contributed by atoms with E-state index in [4.69, 9.17) is 4.74 Å². The largest absolute Gasteiger partial charge is 0.450 e. The van der Waals surface area contributed by atoms with Gasteiger partial charge in [-0.05, 0) is 25.7 Å². The lowest BCUT2D eigenvalue weighted by Gasteiger charge is -2.38. The summed E-state index contributed by atoms with van der Waals surface area (Å²) in [5.41, 5.74) is -0.763. The molecule has 1 saturated heterocycles. The first kappa shape index (κ1) is 10.2. The number of rotatable bonds is 4. The number of hydrogen-bond acceptors (Lipinski definition) is 3. The van der Waals surface area contributed by atoms with Crippen molar-refractivity contribution in [2.45, 2.75) is 45.6 Å². The Kier molecular flexibility index (Phi) is 2.74. The van der Waals surface area contributed by atoms with Crippen molar-refractivity contribution in [1.82, 2.24) is 0 Å². The van der Waals surface area contributed by atoms with Gasteiger partial charge in [-0.15, -0.1) is 0 Å². The lowest BCUT2D eigenvalue weighted by molar-refractivity contribution is -0.195. The Labute approximate surface area is 78.5 Å². The van der Waals surface area contributed by atoms with E-state index in [1.165, 1.54) is 6.92 Å². The molecule has 0 amide bonds. The maximum Gasteiger partial charge on any atom is 0.311 e. The van der Waals surface area contributed by atoms with E-state index >= 15 is 0 Å². The molecule has 1 heterocycles. The number of esters is 1. The van der Waals surface area contributed by atoms with Gasteiger partial charge in [0.1, 0.15) is 0 Å². The minimum Gasteiger partial charge on any atom is -0.450 e. The second-order valence-corrected chi connectivity index (χ2v) is 4.13. The van der Waals surface area contributed by atoms with Crippen molar-refractivity contribution < 1.29 is 14.3 Å². The molecule has 1 fully saturated rings. The second kappa shape index (κ2) is 3.48. The van der Waals surface area contributed by atoms with Crippen molar-refractivity contribution in [3.8, 4) is 0 Å². The third-order valence-electron chi connectivity index (χ3n) is 2.51. The molecule has 0 bridgehead atoms. The third-order valence-corrected chi connectivity index (χ3v) is 2.51. The predicted molar refractivity (Wildman–Crippen MR) is 48.2 cm³/mol. The average Bonchev–Trinajstić information content (AvgIpc) is 1.94. The molecule has 0 aromatic heterocycles. The number of ether oxygens (including phenoxy) is 1. The fraction of sp³-hybridized carbons (Fsp3) is 0.800. The third kappa shape index (κ3) is 2.08. The average molecular weight is 184 g/mol. The van der Waals surface area contributed by atoms with Gasteiger partial charge >= 0.3 is 5.97 Å². The lowest BCUT2D eigenvalue weighted by Crippen LogP contribution is -2.53. The van der Waals surface area contributed by atoms with Gasteiger partial charge in [-0.25, -0.2) is 0 Å². The molecular weight excluding hydrogens is 168 g/mol. The number of carbonyl (C=O) groups excluding carboxylic acids is 2. The van der Waals surface area contributed by atoms with Gasteiger partial charge in [-0.1, -0.05) is 13.8 Å². The fourth-order valence-electron chi connectivity index (χ4n) is 1.48. The molecule has 74 valence electrons. The number of ketones is 1. The summed E-state index contributed by atoms with van der Waals surface area (Å²) >= 11 is 0. The maximum absolute atomic E-state index is 11.2. The summed E-state index contributed by atoms with van der Waals surface area (Å²) in [6.45, 7) is 5.68. The quantitative estimate of drug-likeness (QED) is 0.624. The van der Waals surface area contributed by atoms with Crippen LogP contribution >= 0.6 is 0 Å². The van der Waals surface area contributed by atoms with E-state index in [0.717, 1.165) is 6.42 Å². The van der Waals surface area contributed by atoms with E-state index in [2.05, 4.69) is 13.8 Å². The molecule has 0 aromatic rings. The van der Waals surface area contributed by atoms with Crippen LogP contribution in [-0.2, 0) is 14.3 Å². The topological polar surface area (TPSA) is 43.4 Å². The van der Waals surface area contributed by atoms with E-state index < -0.39 is 5.60 Å². The second-order valence-electron chi connectivity index (χ2n) is 4.13. The van der Waals surface area contributed by atoms with Gasteiger partial charge in [0.05, 0.1) is 6.42 Å². The van der Waals surface area contributed by atoms with Gasteiger partial charge in [0.25, 0.3) is 0 Å². The highest BCUT2D eigenvalue weighted by Gasteiger charge is 2.49. The number of Topliss-reactive ketones (excluding diaryl/α,β-unsaturated/α-hetero) is 1. The van der Waals surface area contributed by atoms with E-state index in [1.807, 2.05) is 0 Å². The van der Waals surface area contributed by atoms with E-state index in [1.54, 1.807) is 0 Å². The molecule has 1 aliphatic heterocycles. The zero-order chi connectivity index (χ0) is 10.1. The molecule has 0 spiro atoms. The fourth-order valence-corrected chi connectivity index (χ4v) is 1.48. The normalized spacial score (nSPS) is 26.9. The van der Waals surface area contributed by atoms with Crippen LogP contribution in [-0.4, -0.2) is 17.4 Å². The van der Waals surface area contributed by atoms with Crippen LogP contribution in [0.25, 0.3) is 0 Å². The molecule has 0 unspecified atom stereocenters. The smallest absolute Gasteiger partial charge is 0.311 e. The standard InChI is InChI=1S/C10H16O3/c1-7(2)4-5-10(8(3)11)6-9(12)13-10/h7H,4-6H2,1-3H3/t10-/m1/s1. The number of hydrogen-bond donors (Lipinski definition) is 0. The van der Waals surface area contributed by atoms with Crippen molar-refractivity contribution in [2.24, 2.45) is 5.92 Å². The molecular formula is C10H16O3. The molecule has 0 aromatic carbocycles. The first-order chi connectivity index (χ1) is 5.96. The zero-order valence-corrected chi connectivity index (χ0v) is 8.42. The van der Waals surface area contributed by atoms with Crippen molar-refractivity contribution in [1.29, 1.82) is 0 Å². The van der Waals surface area contributed by atoms with E-state index in [-0.39, 0.29) is 18.2 Å². The van der Waals surface area contributed by atoms with Crippen LogP contribution in [0.2, 0.25) is 0 Å².